The molecule has 0 bridgehead atoms. The molecule has 0 aliphatic rings. The lowest BCUT2D eigenvalue weighted by atomic mass is 10.0. The first-order chi connectivity index (χ1) is 12.9. The van der Waals surface area contributed by atoms with E-state index in [0.717, 1.165) is 28.3 Å². The van der Waals surface area contributed by atoms with Gasteiger partial charge in [0.25, 0.3) is 0 Å². The van der Waals surface area contributed by atoms with Gasteiger partial charge in [0.2, 0.25) is 14.2 Å². The first-order valence-electron chi connectivity index (χ1n) is 9.38. The van der Waals surface area contributed by atoms with Crippen molar-refractivity contribution in [2.75, 3.05) is 7.11 Å². The number of aryl methyl sites for hydroxylation is 2. The maximum Gasteiger partial charge on any atom is 0.250 e. The molecule has 7 heteroatoms. The molecule has 0 atom stereocenters. The van der Waals surface area contributed by atoms with Gasteiger partial charge in [-0.3, -0.25) is 0 Å². The van der Waals surface area contributed by atoms with Gasteiger partial charge in [0.15, 0.2) is 5.65 Å². The highest BCUT2D eigenvalue weighted by Gasteiger charge is 2.39. The quantitative estimate of drug-likeness (QED) is 0.617. The van der Waals surface area contributed by atoms with E-state index in [1.54, 1.807) is 13.2 Å². The van der Waals surface area contributed by atoms with Crippen molar-refractivity contribution < 1.29 is 14.3 Å². The second kappa shape index (κ2) is 6.81. The van der Waals surface area contributed by atoms with E-state index >= 15 is 0 Å². The molecule has 150 valence electrons. The van der Waals surface area contributed by atoms with Gasteiger partial charge < -0.3 is 14.3 Å². The number of rotatable bonds is 4. The minimum atomic E-state index is -1.95. The van der Waals surface area contributed by atoms with E-state index in [1.807, 2.05) is 32.0 Å². The lowest BCUT2D eigenvalue weighted by Crippen LogP contribution is -2.43. The Morgan fingerprint density at radius 2 is 1.79 bits per heavy atom. The molecular formula is C21H29N3O3Si. The Balaban J connectivity index is 2.12. The Bertz CT molecular complexity index is 1040. The van der Waals surface area contributed by atoms with Crippen LogP contribution in [-0.4, -0.2) is 35.1 Å². The highest BCUT2D eigenvalue weighted by Crippen LogP contribution is 2.41. The molecule has 0 fully saturated rings. The molecule has 0 aliphatic carbocycles. The largest absolute Gasteiger partial charge is 0.543 e. The van der Waals surface area contributed by atoms with Gasteiger partial charge in [-0.25, -0.2) is 4.98 Å². The summed E-state index contributed by atoms with van der Waals surface area (Å²) in [6.45, 7) is 14.8. The molecule has 0 aliphatic heterocycles. The minimum Gasteiger partial charge on any atom is -0.543 e. The molecule has 2 heterocycles. The van der Waals surface area contributed by atoms with Crippen molar-refractivity contribution in [3.63, 3.8) is 0 Å². The number of ether oxygens (including phenoxy) is 1. The van der Waals surface area contributed by atoms with Crippen LogP contribution < -0.4 is 9.16 Å². The third-order valence-corrected chi connectivity index (χ3v) is 9.85. The van der Waals surface area contributed by atoms with Crippen LogP contribution in [-0.2, 0) is 0 Å². The van der Waals surface area contributed by atoms with Gasteiger partial charge in [-0.05, 0) is 44.1 Å². The molecule has 0 amide bonds. The Hall–Kier alpha value is -2.54. The molecule has 3 rings (SSSR count). The molecule has 28 heavy (non-hydrogen) atoms. The highest BCUT2D eigenvalue weighted by atomic mass is 28.4. The number of aromatic nitrogens is 3. The lowest BCUT2D eigenvalue weighted by molar-refractivity contribution is 0.412. The summed E-state index contributed by atoms with van der Waals surface area (Å²) >= 11 is 0. The standard InChI is InChI=1S/C21H29N3O3Si/c1-13-11-18(25)24-20(22-13)19(14(2)23-24)16-10-9-15(12-17(16)26-6)27-28(7,8)21(3,4)5/h9-12,25H,1-8H3. The molecule has 0 spiro atoms. The summed E-state index contributed by atoms with van der Waals surface area (Å²) in [4.78, 5) is 4.58. The summed E-state index contributed by atoms with van der Waals surface area (Å²) < 4.78 is 13.6. The van der Waals surface area contributed by atoms with Crippen molar-refractivity contribution in [3.05, 3.63) is 35.7 Å². The van der Waals surface area contributed by atoms with Gasteiger partial charge in [-0.15, -0.1) is 0 Å². The van der Waals surface area contributed by atoms with Crippen LogP contribution in [0.5, 0.6) is 17.4 Å². The van der Waals surface area contributed by atoms with Crippen LogP contribution >= 0.6 is 0 Å². The molecule has 2 aromatic heterocycles. The zero-order valence-corrected chi connectivity index (χ0v) is 18.9. The smallest absolute Gasteiger partial charge is 0.250 e. The van der Waals surface area contributed by atoms with Crippen LogP contribution in [0.2, 0.25) is 18.1 Å². The molecule has 1 aromatic carbocycles. The van der Waals surface area contributed by atoms with Crippen LogP contribution in [0.15, 0.2) is 24.3 Å². The normalized spacial score (nSPS) is 12.4. The molecule has 3 aromatic rings. The van der Waals surface area contributed by atoms with Gasteiger partial charge in [-0.2, -0.15) is 9.61 Å². The van der Waals surface area contributed by atoms with Crippen molar-refractivity contribution in [2.24, 2.45) is 0 Å². The van der Waals surface area contributed by atoms with Gasteiger partial charge >= 0.3 is 0 Å². The topological polar surface area (TPSA) is 68.9 Å². The lowest BCUT2D eigenvalue weighted by Gasteiger charge is -2.36. The predicted octanol–water partition coefficient (Wildman–Crippen LogP) is 5.11. The number of hydrogen-bond acceptors (Lipinski definition) is 5. The Morgan fingerprint density at radius 3 is 2.39 bits per heavy atom. The number of fused-ring (bicyclic) bond motifs is 1. The number of aromatic hydroxyl groups is 1. The third kappa shape index (κ3) is 3.46. The first-order valence-corrected chi connectivity index (χ1v) is 12.3. The van der Waals surface area contributed by atoms with E-state index in [-0.39, 0.29) is 10.9 Å². The fourth-order valence-corrected chi connectivity index (χ4v) is 3.95. The fraction of sp³-hybridized carbons (Fsp3) is 0.429. The molecule has 6 nitrogen and oxygen atoms in total. The third-order valence-electron chi connectivity index (χ3n) is 5.49. The van der Waals surface area contributed by atoms with E-state index in [2.05, 4.69) is 43.9 Å². The number of nitrogens with zero attached hydrogens (tertiary/aromatic N) is 3. The predicted molar refractivity (Wildman–Crippen MR) is 114 cm³/mol. The average molecular weight is 400 g/mol. The number of hydrogen-bond donors (Lipinski definition) is 1. The first kappa shape index (κ1) is 20.2. The summed E-state index contributed by atoms with van der Waals surface area (Å²) in [5.74, 6) is 1.55. The van der Waals surface area contributed by atoms with Crippen LogP contribution in [0.1, 0.15) is 32.2 Å². The fourth-order valence-electron chi connectivity index (χ4n) is 2.93. The van der Waals surface area contributed by atoms with E-state index < -0.39 is 8.32 Å². The Morgan fingerprint density at radius 1 is 1.11 bits per heavy atom. The summed E-state index contributed by atoms with van der Waals surface area (Å²) in [6, 6.07) is 7.47. The molecule has 0 saturated heterocycles. The molecule has 0 saturated carbocycles. The summed E-state index contributed by atoms with van der Waals surface area (Å²) in [5.41, 5.74) is 3.81. The zero-order valence-electron chi connectivity index (χ0n) is 17.9. The van der Waals surface area contributed by atoms with Gasteiger partial charge in [0.05, 0.1) is 18.4 Å². The van der Waals surface area contributed by atoms with Gasteiger partial charge in [0.1, 0.15) is 11.5 Å². The zero-order chi connectivity index (χ0) is 20.9. The number of benzene rings is 1. The van der Waals surface area contributed by atoms with E-state index in [1.165, 1.54) is 4.52 Å². The SMILES string of the molecule is COc1cc(O[Si](C)(C)C(C)(C)C)ccc1-c1c(C)nn2c(O)cc(C)nc12. The second-order valence-corrected chi connectivity index (χ2v) is 13.4. The monoisotopic (exact) mass is 399 g/mol. The highest BCUT2D eigenvalue weighted by molar-refractivity contribution is 6.74. The maximum absolute atomic E-state index is 10.2. The Kier molecular flexibility index (Phi) is 4.91. The van der Waals surface area contributed by atoms with Gasteiger partial charge in [0, 0.05) is 23.4 Å². The van der Waals surface area contributed by atoms with Crippen molar-refractivity contribution in [1.82, 2.24) is 14.6 Å². The van der Waals surface area contributed by atoms with Crippen LogP contribution in [0.3, 0.4) is 0 Å². The van der Waals surface area contributed by atoms with Crippen molar-refractivity contribution in [2.45, 2.75) is 52.8 Å². The molecule has 1 N–H and O–H groups in total. The van der Waals surface area contributed by atoms with Crippen molar-refractivity contribution in [1.29, 1.82) is 0 Å². The average Bonchev–Trinajstić information content (AvgIpc) is 2.90. The summed E-state index contributed by atoms with van der Waals surface area (Å²) in [6.07, 6.45) is 0. The molecular weight excluding hydrogens is 370 g/mol. The van der Waals surface area contributed by atoms with Crippen molar-refractivity contribution >= 4 is 14.0 Å². The summed E-state index contributed by atoms with van der Waals surface area (Å²) in [7, 11) is -0.307. The van der Waals surface area contributed by atoms with Crippen LogP contribution in [0, 0.1) is 13.8 Å². The maximum atomic E-state index is 10.2. The van der Waals surface area contributed by atoms with E-state index in [0.29, 0.717) is 11.4 Å². The number of methoxy groups -OCH3 is 1. The van der Waals surface area contributed by atoms with E-state index in [9.17, 15) is 5.11 Å². The molecule has 0 radical (unpaired) electrons. The van der Waals surface area contributed by atoms with Crippen molar-refractivity contribution in [3.8, 4) is 28.5 Å². The van der Waals surface area contributed by atoms with Gasteiger partial charge in [-0.1, -0.05) is 20.8 Å². The Labute approximate surface area is 167 Å². The summed E-state index contributed by atoms with van der Waals surface area (Å²) in [5, 5.41) is 14.8. The van der Waals surface area contributed by atoms with Crippen LogP contribution in [0.4, 0.5) is 0 Å². The van der Waals surface area contributed by atoms with Crippen LogP contribution in [0.25, 0.3) is 16.8 Å². The van der Waals surface area contributed by atoms with E-state index in [4.69, 9.17) is 9.16 Å². The second-order valence-electron chi connectivity index (χ2n) is 8.68. The minimum absolute atomic E-state index is 0.0636. The molecule has 0 unspecified atom stereocenters.